The minimum absolute atomic E-state index is 0.0346. The minimum atomic E-state index is -5.06. The van der Waals surface area contributed by atoms with Crippen molar-refractivity contribution in [3.05, 3.63) is 76.4 Å². The van der Waals surface area contributed by atoms with Crippen LogP contribution in [0.4, 0.5) is 37.8 Å². The van der Waals surface area contributed by atoms with Gasteiger partial charge in [0, 0.05) is 58.6 Å². The molecule has 0 aliphatic carbocycles. The van der Waals surface area contributed by atoms with Gasteiger partial charge in [-0.25, -0.2) is 4.98 Å². The molecule has 0 N–H and O–H groups in total. The number of halogens is 7. The first-order valence-corrected chi connectivity index (χ1v) is 15.3. The molecule has 0 spiro atoms. The first-order valence-electron chi connectivity index (χ1n) is 13.3. The highest BCUT2D eigenvalue weighted by atomic mass is 35.5. The smallest absolute Gasteiger partial charge is 0.357 e. The Morgan fingerprint density at radius 3 is 1.98 bits per heavy atom. The van der Waals surface area contributed by atoms with E-state index in [1.165, 1.54) is 32.0 Å². The van der Waals surface area contributed by atoms with Crippen molar-refractivity contribution in [1.82, 2.24) is 4.98 Å². The zero-order valence-electron chi connectivity index (χ0n) is 23.8. The number of anilines is 2. The highest BCUT2D eigenvalue weighted by Crippen LogP contribution is 2.42. The van der Waals surface area contributed by atoms with Crippen molar-refractivity contribution in [1.29, 1.82) is 0 Å². The summed E-state index contributed by atoms with van der Waals surface area (Å²) in [5.74, 6) is -0.166. The number of pyridine rings is 1. The van der Waals surface area contributed by atoms with Gasteiger partial charge in [-0.1, -0.05) is 29.8 Å². The molecule has 1 unspecified atom stereocenters. The highest BCUT2D eigenvalue weighted by molar-refractivity contribution is 7.84. The molecule has 0 saturated carbocycles. The number of benzene rings is 2. The molecular weight excluding hydrogens is 616 g/mol. The van der Waals surface area contributed by atoms with E-state index >= 15 is 0 Å². The number of alkyl halides is 6. The fourth-order valence-electron chi connectivity index (χ4n) is 5.16. The standard InChI is InChI=1S/C30H30ClF6N3O2S/c1-28(2,18-13-19(29(32,33)34)15-20(14-18)30(35,36)37)27(41)39(3)25-17-38-26(40-11-9-21(10-12-40)43(4)42)16-23(25)22-7-5-6-8-24(22)31/h5-8,13-17,21H,9-12H2,1-4H3. The van der Waals surface area contributed by atoms with Crippen LogP contribution in [0.3, 0.4) is 0 Å². The lowest BCUT2D eigenvalue weighted by Crippen LogP contribution is -2.42. The molecule has 1 aliphatic rings. The van der Waals surface area contributed by atoms with Crippen molar-refractivity contribution in [3.63, 3.8) is 0 Å². The predicted molar refractivity (Wildman–Crippen MR) is 157 cm³/mol. The Hall–Kier alpha value is -3.12. The molecule has 3 aromatic rings. The topological polar surface area (TPSA) is 53.5 Å². The Balaban J connectivity index is 1.77. The van der Waals surface area contributed by atoms with Crippen molar-refractivity contribution in [2.75, 3.05) is 36.2 Å². The Morgan fingerprint density at radius 2 is 1.47 bits per heavy atom. The summed E-state index contributed by atoms with van der Waals surface area (Å²) in [7, 11) is 0.444. The molecule has 4 rings (SSSR count). The van der Waals surface area contributed by atoms with Crippen LogP contribution in [-0.4, -0.2) is 46.7 Å². The molecular formula is C30H30ClF6N3O2S. The van der Waals surface area contributed by atoms with E-state index < -0.39 is 51.2 Å². The summed E-state index contributed by atoms with van der Waals surface area (Å²) in [5.41, 5.74) is -3.91. The van der Waals surface area contributed by atoms with Gasteiger partial charge < -0.3 is 9.80 Å². The average molecular weight is 646 g/mol. The maximum absolute atomic E-state index is 13.9. The lowest BCUT2D eigenvalue weighted by molar-refractivity contribution is -0.143. The van der Waals surface area contributed by atoms with Gasteiger partial charge in [-0.15, -0.1) is 0 Å². The number of nitrogens with zero attached hydrogens (tertiary/aromatic N) is 3. The molecule has 0 radical (unpaired) electrons. The molecule has 5 nitrogen and oxygen atoms in total. The summed E-state index contributed by atoms with van der Waals surface area (Å²) in [5, 5.41) is 0.451. The first kappa shape index (κ1) is 32.8. The second kappa shape index (κ2) is 12.1. The number of carbonyl (C=O) groups is 1. The summed E-state index contributed by atoms with van der Waals surface area (Å²) in [6.07, 6.45) is -5.58. The normalized spacial score (nSPS) is 15.8. The van der Waals surface area contributed by atoms with Gasteiger partial charge in [0.25, 0.3) is 0 Å². The summed E-state index contributed by atoms with van der Waals surface area (Å²) in [6, 6.07) is 9.82. The molecule has 1 aromatic heterocycles. The van der Waals surface area contributed by atoms with Gasteiger partial charge in [0.15, 0.2) is 0 Å². The van der Waals surface area contributed by atoms with Gasteiger partial charge in [0.1, 0.15) is 5.82 Å². The lowest BCUT2D eigenvalue weighted by atomic mass is 9.81. The molecule has 232 valence electrons. The Bertz CT molecular complexity index is 1500. The third-order valence-electron chi connectivity index (χ3n) is 7.78. The fourth-order valence-corrected chi connectivity index (χ4v) is 6.27. The molecule has 2 aromatic carbocycles. The van der Waals surface area contributed by atoms with Crippen molar-refractivity contribution in [2.45, 2.75) is 49.7 Å². The minimum Gasteiger partial charge on any atom is -0.357 e. The predicted octanol–water partition coefficient (Wildman–Crippen LogP) is 7.73. The van der Waals surface area contributed by atoms with Crippen LogP contribution in [0.1, 0.15) is 43.4 Å². The number of rotatable bonds is 6. The van der Waals surface area contributed by atoms with E-state index in [1.807, 2.05) is 4.90 Å². The molecule has 1 amide bonds. The first-order chi connectivity index (χ1) is 19.9. The molecule has 1 saturated heterocycles. The zero-order valence-corrected chi connectivity index (χ0v) is 25.4. The van der Waals surface area contributed by atoms with E-state index in [1.54, 1.807) is 36.6 Å². The number of hydrogen-bond donors (Lipinski definition) is 0. The van der Waals surface area contributed by atoms with Gasteiger partial charge in [0.2, 0.25) is 5.91 Å². The van der Waals surface area contributed by atoms with Gasteiger partial charge >= 0.3 is 12.4 Å². The maximum Gasteiger partial charge on any atom is 0.416 e. The quantitative estimate of drug-likeness (QED) is 0.258. The van der Waals surface area contributed by atoms with Crippen LogP contribution in [0, 0.1) is 0 Å². The Morgan fingerprint density at radius 1 is 0.930 bits per heavy atom. The molecule has 2 heterocycles. The largest absolute Gasteiger partial charge is 0.416 e. The zero-order chi connectivity index (χ0) is 31.9. The third-order valence-corrected chi connectivity index (χ3v) is 9.52. The summed E-state index contributed by atoms with van der Waals surface area (Å²) < 4.78 is 93.4. The van der Waals surface area contributed by atoms with E-state index in [9.17, 15) is 35.3 Å². The van der Waals surface area contributed by atoms with Crippen LogP contribution in [0.15, 0.2) is 54.7 Å². The fraction of sp³-hybridized carbons (Fsp3) is 0.400. The number of aromatic nitrogens is 1. The summed E-state index contributed by atoms with van der Waals surface area (Å²) in [6.45, 7) is 3.77. The van der Waals surface area contributed by atoms with E-state index in [4.69, 9.17) is 11.6 Å². The van der Waals surface area contributed by atoms with Crippen molar-refractivity contribution >= 4 is 39.8 Å². The molecule has 0 bridgehead atoms. The van der Waals surface area contributed by atoms with E-state index in [2.05, 4.69) is 4.98 Å². The molecule has 1 atom stereocenters. The molecule has 1 aliphatic heterocycles. The van der Waals surface area contributed by atoms with Gasteiger partial charge in [-0.3, -0.25) is 9.00 Å². The SMILES string of the molecule is CN(C(=O)C(C)(C)c1cc(C(F)(F)F)cc(C(F)(F)F)c1)c1cnc(N2CCC(S(C)=O)CC2)cc1-c1ccccc1Cl. The van der Waals surface area contributed by atoms with Crippen molar-refractivity contribution in [2.24, 2.45) is 0 Å². The van der Waals surface area contributed by atoms with Crippen LogP contribution in [0.5, 0.6) is 0 Å². The maximum atomic E-state index is 13.9. The number of piperidine rings is 1. The molecule has 1 fully saturated rings. The number of likely N-dealkylation sites (N-methyl/N-ethyl adjacent to an activating group) is 1. The van der Waals surface area contributed by atoms with Crippen molar-refractivity contribution < 1.29 is 35.3 Å². The third kappa shape index (κ3) is 7.01. The summed E-state index contributed by atoms with van der Waals surface area (Å²) in [4.78, 5) is 21.7. The Kier molecular flexibility index (Phi) is 9.23. The monoisotopic (exact) mass is 645 g/mol. The van der Waals surface area contributed by atoms with E-state index in [0.29, 0.717) is 60.0 Å². The van der Waals surface area contributed by atoms with Gasteiger partial charge in [-0.05, 0) is 62.6 Å². The summed E-state index contributed by atoms with van der Waals surface area (Å²) >= 11 is 6.53. The molecule has 13 heteroatoms. The molecule has 43 heavy (non-hydrogen) atoms. The average Bonchev–Trinajstić information content (AvgIpc) is 2.95. The van der Waals surface area contributed by atoms with Crippen LogP contribution >= 0.6 is 11.6 Å². The van der Waals surface area contributed by atoms with Gasteiger partial charge in [-0.2, -0.15) is 26.3 Å². The van der Waals surface area contributed by atoms with Crippen LogP contribution in [0.2, 0.25) is 5.02 Å². The number of amides is 1. The van der Waals surface area contributed by atoms with Crippen LogP contribution in [-0.2, 0) is 33.4 Å². The Labute approximate surface area is 253 Å². The van der Waals surface area contributed by atoms with Gasteiger partial charge in [0.05, 0.1) is 28.4 Å². The number of hydrogen-bond acceptors (Lipinski definition) is 4. The van der Waals surface area contributed by atoms with Crippen molar-refractivity contribution in [3.8, 4) is 11.1 Å². The van der Waals surface area contributed by atoms with Crippen LogP contribution in [0.25, 0.3) is 11.1 Å². The van der Waals surface area contributed by atoms with E-state index in [-0.39, 0.29) is 17.0 Å². The van der Waals surface area contributed by atoms with Crippen LogP contribution < -0.4 is 9.80 Å². The van der Waals surface area contributed by atoms with E-state index in [0.717, 1.165) is 0 Å². The highest BCUT2D eigenvalue weighted by Gasteiger charge is 2.41. The lowest BCUT2D eigenvalue weighted by Gasteiger charge is -2.34. The second-order valence-corrected chi connectivity index (χ2v) is 13.1. The second-order valence-electron chi connectivity index (χ2n) is 11.0. The number of carbonyl (C=O) groups excluding carboxylic acids is 1.